The van der Waals surface area contributed by atoms with E-state index < -0.39 is 11.6 Å². The second-order valence-electron chi connectivity index (χ2n) is 3.74. The van der Waals surface area contributed by atoms with Crippen LogP contribution in [0.4, 0.5) is 8.78 Å². The molecule has 82 valence electrons. The Morgan fingerprint density at radius 2 is 2.00 bits per heavy atom. The van der Waals surface area contributed by atoms with E-state index in [2.05, 4.69) is 10.6 Å². The zero-order chi connectivity index (χ0) is 10.7. The van der Waals surface area contributed by atoms with Gasteiger partial charge in [-0.2, -0.15) is 0 Å². The highest BCUT2D eigenvalue weighted by molar-refractivity contribution is 5.21. The third-order valence-electron chi connectivity index (χ3n) is 2.62. The Morgan fingerprint density at radius 1 is 1.13 bits per heavy atom. The molecule has 0 amide bonds. The summed E-state index contributed by atoms with van der Waals surface area (Å²) in [5.74, 6) is -1.57. The molecule has 15 heavy (non-hydrogen) atoms. The van der Waals surface area contributed by atoms with Gasteiger partial charge < -0.3 is 10.6 Å². The van der Waals surface area contributed by atoms with Gasteiger partial charge in [0.05, 0.1) is 0 Å². The second kappa shape index (κ2) is 4.68. The Labute approximate surface area is 87.7 Å². The maximum absolute atomic E-state index is 13.0. The van der Waals surface area contributed by atoms with E-state index in [0.29, 0.717) is 0 Å². The Balaban J connectivity index is 2.16. The van der Waals surface area contributed by atoms with Crippen LogP contribution in [0.15, 0.2) is 18.2 Å². The molecule has 0 saturated carbocycles. The quantitative estimate of drug-likeness (QED) is 0.738. The van der Waals surface area contributed by atoms with Crippen LogP contribution in [0.2, 0.25) is 0 Å². The minimum Gasteiger partial charge on any atom is -0.315 e. The molecule has 1 aromatic carbocycles. The lowest BCUT2D eigenvalue weighted by atomic mass is 10.1. The van der Waals surface area contributed by atoms with Crippen molar-refractivity contribution in [2.24, 2.45) is 0 Å². The van der Waals surface area contributed by atoms with Gasteiger partial charge in [0.25, 0.3) is 0 Å². The lowest BCUT2D eigenvalue weighted by molar-refractivity contribution is 0.497. The fourth-order valence-corrected chi connectivity index (χ4v) is 1.77. The molecule has 2 rings (SSSR count). The molecule has 1 fully saturated rings. The van der Waals surface area contributed by atoms with E-state index >= 15 is 0 Å². The molecule has 2 nitrogen and oxygen atoms in total. The highest BCUT2D eigenvalue weighted by Crippen LogP contribution is 2.16. The Hall–Kier alpha value is -1.00. The van der Waals surface area contributed by atoms with E-state index in [-0.39, 0.29) is 6.04 Å². The monoisotopic (exact) mass is 212 g/mol. The van der Waals surface area contributed by atoms with Crippen LogP contribution in [-0.2, 0) is 0 Å². The van der Waals surface area contributed by atoms with Gasteiger partial charge in [0.2, 0.25) is 0 Å². The summed E-state index contributed by atoms with van der Waals surface area (Å²) in [6.07, 6.45) is 1.06. The highest BCUT2D eigenvalue weighted by atomic mass is 19.2. The van der Waals surface area contributed by atoms with E-state index in [1.165, 1.54) is 12.1 Å². The van der Waals surface area contributed by atoms with Crippen molar-refractivity contribution in [2.45, 2.75) is 12.5 Å². The third kappa shape index (κ3) is 2.52. The molecule has 0 aliphatic carbocycles. The predicted molar refractivity (Wildman–Crippen MR) is 54.6 cm³/mol. The summed E-state index contributed by atoms with van der Waals surface area (Å²) in [4.78, 5) is 0. The predicted octanol–water partition coefficient (Wildman–Crippen LogP) is 1.59. The molecule has 0 aromatic heterocycles. The van der Waals surface area contributed by atoms with Gasteiger partial charge in [-0.1, -0.05) is 6.07 Å². The number of nitrogens with one attached hydrogen (secondary N) is 2. The SMILES string of the molecule is Fc1ccc(C2CNCCCN2)cc1F. The molecule has 1 aliphatic heterocycles. The summed E-state index contributed by atoms with van der Waals surface area (Å²) < 4.78 is 25.7. The normalized spacial score (nSPS) is 22.4. The standard InChI is InChI=1S/C11H14F2N2/c12-9-3-2-8(6-10(9)13)11-7-14-4-1-5-15-11/h2-3,6,11,14-15H,1,4-5,7H2. The first-order chi connectivity index (χ1) is 7.27. The molecule has 1 heterocycles. The van der Waals surface area contributed by atoms with E-state index in [4.69, 9.17) is 0 Å². The first-order valence-corrected chi connectivity index (χ1v) is 5.16. The van der Waals surface area contributed by atoms with Crippen LogP contribution in [0.1, 0.15) is 18.0 Å². The molecule has 1 atom stereocenters. The maximum Gasteiger partial charge on any atom is 0.159 e. The lowest BCUT2D eigenvalue weighted by Gasteiger charge is -2.16. The van der Waals surface area contributed by atoms with Crippen molar-refractivity contribution in [3.8, 4) is 0 Å². The molecule has 4 heteroatoms. The van der Waals surface area contributed by atoms with Crippen molar-refractivity contribution in [3.63, 3.8) is 0 Å². The highest BCUT2D eigenvalue weighted by Gasteiger charge is 2.14. The van der Waals surface area contributed by atoms with Gasteiger partial charge in [0, 0.05) is 12.6 Å². The topological polar surface area (TPSA) is 24.1 Å². The number of halogens is 2. The molecule has 1 unspecified atom stereocenters. The van der Waals surface area contributed by atoms with Gasteiger partial charge >= 0.3 is 0 Å². The van der Waals surface area contributed by atoms with Crippen molar-refractivity contribution in [1.82, 2.24) is 10.6 Å². The molecular formula is C11H14F2N2. The summed E-state index contributed by atoms with van der Waals surface area (Å²) >= 11 is 0. The average molecular weight is 212 g/mol. The molecular weight excluding hydrogens is 198 g/mol. The molecule has 0 spiro atoms. The van der Waals surface area contributed by atoms with E-state index in [1.54, 1.807) is 6.07 Å². The largest absolute Gasteiger partial charge is 0.315 e. The van der Waals surface area contributed by atoms with Crippen molar-refractivity contribution < 1.29 is 8.78 Å². The van der Waals surface area contributed by atoms with Gasteiger partial charge in [-0.05, 0) is 37.2 Å². The minimum atomic E-state index is -0.791. The lowest BCUT2D eigenvalue weighted by Crippen LogP contribution is -2.27. The third-order valence-corrected chi connectivity index (χ3v) is 2.62. The van der Waals surface area contributed by atoms with Gasteiger partial charge in [-0.15, -0.1) is 0 Å². The summed E-state index contributed by atoms with van der Waals surface area (Å²) in [7, 11) is 0. The molecule has 1 aromatic rings. The van der Waals surface area contributed by atoms with Gasteiger partial charge in [-0.25, -0.2) is 8.78 Å². The number of benzene rings is 1. The van der Waals surface area contributed by atoms with E-state index in [9.17, 15) is 8.78 Å². The average Bonchev–Trinajstić information content (AvgIpc) is 2.50. The van der Waals surface area contributed by atoms with Crippen LogP contribution >= 0.6 is 0 Å². The van der Waals surface area contributed by atoms with Crippen molar-refractivity contribution >= 4 is 0 Å². The molecule has 0 radical (unpaired) electrons. The molecule has 1 aliphatic rings. The van der Waals surface area contributed by atoms with Crippen LogP contribution in [0.3, 0.4) is 0 Å². The Bertz CT molecular complexity index is 333. The number of hydrogen-bond donors (Lipinski definition) is 2. The molecule has 2 N–H and O–H groups in total. The van der Waals surface area contributed by atoms with Crippen molar-refractivity contribution in [3.05, 3.63) is 35.4 Å². The van der Waals surface area contributed by atoms with E-state index in [0.717, 1.165) is 31.6 Å². The summed E-state index contributed by atoms with van der Waals surface area (Å²) in [6, 6.07) is 4.14. The summed E-state index contributed by atoms with van der Waals surface area (Å²) in [6.45, 7) is 2.62. The zero-order valence-corrected chi connectivity index (χ0v) is 8.39. The Morgan fingerprint density at radius 3 is 2.80 bits per heavy atom. The van der Waals surface area contributed by atoms with Gasteiger partial charge in [0.15, 0.2) is 11.6 Å². The van der Waals surface area contributed by atoms with Crippen LogP contribution in [0, 0.1) is 11.6 Å². The fourth-order valence-electron chi connectivity index (χ4n) is 1.77. The summed E-state index contributed by atoms with van der Waals surface area (Å²) in [5.41, 5.74) is 0.795. The van der Waals surface area contributed by atoms with Crippen LogP contribution in [0.5, 0.6) is 0 Å². The van der Waals surface area contributed by atoms with Gasteiger partial charge in [-0.3, -0.25) is 0 Å². The maximum atomic E-state index is 13.0. The first kappa shape index (κ1) is 10.5. The van der Waals surface area contributed by atoms with Crippen LogP contribution in [0.25, 0.3) is 0 Å². The van der Waals surface area contributed by atoms with Crippen molar-refractivity contribution in [2.75, 3.05) is 19.6 Å². The second-order valence-corrected chi connectivity index (χ2v) is 3.74. The van der Waals surface area contributed by atoms with Crippen molar-refractivity contribution in [1.29, 1.82) is 0 Å². The zero-order valence-electron chi connectivity index (χ0n) is 8.39. The molecule has 1 saturated heterocycles. The minimum absolute atomic E-state index is 0.0719. The summed E-state index contributed by atoms with van der Waals surface area (Å²) in [5, 5.41) is 6.54. The molecule has 0 bridgehead atoms. The number of rotatable bonds is 1. The first-order valence-electron chi connectivity index (χ1n) is 5.16. The fraction of sp³-hybridized carbons (Fsp3) is 0.455. The number of hydrogen-bond acceptors (Lipinski definition) is 2. The smallest absolute Gasteiger partial charge is 0.159 e. The Kier molecular flexibility index (Phi) is 3.28. The van der Waals surface area contributed by atoms with E-state index in [1.807, 2.05) is 0 Å². The van der Waals surface area contributed by atoms with Crippen LogP contribution < -0.4 is 10.6 Å². The van der Waals surface area contributed by atoms with Gasteiger partial charge in [0.1, 0.15) is 0 Å². The van der Waals surface area contributed by atoms with Crippen LogP contribution in [-0.4, -0.2) is 19.6 Å².